The molecule has 0 radical (unpaired) electrons. The highest BCUT2D eigenvalue weighted by Crippen LogP contribution is 2.28. The van der Waals surface area contributed by atoms with Crippen LogP contribution < -0.4 is 10.1 Å². The van der Waals surface area contributed by atoms with Crippen molar-refractivity contribution in [2.24, 2.45) is 0 Å². The number of hydrogen-bond donors (Lipinski definition) is 1. The second-order valence-electron chi connectivity index (χ2n) is 6.14. The number of halogens is 1. The molecule has 2 aromatic carbocycles. The van der Waals surface area contributed by atoms with Crippen molar-refractivity contribution in [1.82, 2.24) is 14.9 Å². The van der Waals surface area contributed by atoms with Gasteiger partial charge >= 0.3 is 0 Å². The molecule has 0 unspecified atom stereocenters. The molecule has 1 aliphatic heterocycles. The lowest BCUT2D eigenvalue weighted by atomic mass is 10.2. The third-order valence-electron chi connectivity index (χ3n) is 4.48. The van der Waals surface area contributed by atoms with Crippen LogP contribution >= 0.6 is 0 Å². The van der Waals surface area contributed by atoms with Crippen molar-refractivity contribution in [2.45, 2.75) is 12.6 Å². The maximum absolute atomic E-state index is 13.0. The molecule has 0 fully saturated rings. The molecule has 6 nitrogen and oxygen atoms in total. The van der Waals surface area contributed by atoms with Gasteiger partial charge in [-0.1, -0.05) is 0 Å². The Morgan fingerprint density at radius 2 is 2.15 bits per heavy atom. The van der Waals surface area contributed by atoms with E-state index in [1.807, 2.05) is 18.2 Å². The molecule has 0 saturated carbocycles. The molecule has 134 valence electrons. The Morgan fingerprint density at radius 3 is 2.92 bits per heavy atom. The number of carbonyl (C=O) groups excluding carboxylic acids is 1. The maximum atomic E-state index is 13.0. The largest absolute Gasteiger partial charge is 0.497 e. The molecule has 1 amide bonds. The lowest BCUT2D eigenvalue weighted by Crippen LogP contribution is -2.35. The van der Waals surface area contributed by atoms with E-state index >= 15 is 0 Å². The highest BCUT2D eigenvalue weighted by atomic mass is 19.1. The molecule has 0 bridgehead atoms. The zero-order valence-electron chi connectivity index (χ0n) is 14.2. The Balaban J connectivity index is 1.57. The van der Waals surface area contributed by atoms with Gasteiger partial charge in [0.1, 0.15) is 24.0 Å². The fourth-order valence-electron chi connectivity index (χ4n) is 3.18. The molecule has 1 N–H and O–H groups in total. The molecule has 0 spiro atoms. The number of imidazole rings is 1. The zero-order valence-corrected chi connectivity index (χ0v) is 14.2. The maximum Gasteiger partial charge on any atom is 0.251 e. The van der Waals surface area contributed by atoms with Gasteiger partial charge in [-0.2, -0.15) is 0 Å². The van der Waals surface area contributed by atoms with Crippen LogP contribution in [0.15, 0.2) is 42.5 Å². The minimum Gasteiger partial charge on any atom is -0.497 e. The average Bonchev–Trinajstić information content (AvgIpc) is 3.04. The topological polar surface area (TPSA) is 65.4 Å². The van der Waals surface area contributed by atoms with Crippen LogP contribution in [0.5, 0.6) is 5.75 Å². The fraction of sp³-hybridized carbons (Fsp3) is 0.263. The third kappa shape index (κ3) is 3.01. The molecule has 3 aromatic rings. The SMILES string of the molecule is COc1ccc2nc3n(c2c1)[C@@H](CNC(=O)c1ccc(F)cc1)COC3. The lowest BCUT2D eigenvalue weighted by Gasteiger charge is -2.26. The first-order chi connectivity index (χ1) is 12.7. The van der Waals surface area contributed by atoms with Crippen LogP contribution in [0.3, 0.4) is 0 Å². The quantitative estimate of drug-likeness (QED) is 0.781. The molecule has 26 heavy (non-hydrogen) atoms. The van der Waals surface area contributed by atoms with Crippen LogP contribution in [-0.4, -0.2) is 35.7 Å². The predicted octanol–water partition coefficient (Wildman–Crippen LogP) is 2.69. The van der Waals surface area contributed by atoms with Crippen LogP contribution in [0.2, 0.25) is 0 Å². The first kappa shape index (κ1) is 16.5. The highest BCUT2D eigenvalue weighted by Gasteiger charge is 2.25. The Bertz CT molecular complexity index is 953. The number of amides is 1. The van der Waals surface area contributed by atoms with Gasteiger partial charge in [-0.05, 0) is 36.4 Å². The van der Waals surface area contributed by atoms with Crippen molar-refractivity contribution in [2.75, 3.05) is 20.3 Å². The number of carbonyl (C=O) groups is 1. The summed E-state index contributed by atoms with van der Waals surface area (Å²) in [6.07, 6.45) is 0. The van der Waals surface area contributed by atoms with Crippen LogP contribution in [0.25, 0.3) is 11.0 Å². The van der Waals surface area contributed by atoms with Gasteiger partial charge in [0.2, 0.25) is 0 Å². The second kappa shape index (κ2) is 6.76. The van der Waals surface area contributed by atoms with Crippen molar-refractivity contribution in [3.05, 3.63) is 59.7 Å². The Hall–Kier alpha value is -2.93. The average molecular weight is 355 g/mol. The molecular formula is C19H18FN3O3. The van der Waals surface area contributed by atoms with E-state index in [-0.39, 0.29) is 17.8 Å². The molecule has 1 aromatic heterocycles. The van der Waals surface area contributed by atoms with Crippen molar-refractivity contribution in [3.63, 3.8) is 0 Å². The highest BCUT2D eigenvalue weighted by molar-refractivity contribution is 5.94. The van der Waals surface area contributed by atoms with Crippen LogP contribution in [-0.2, 0) is 11.3 Å². The van der Waals surface area contributed by atoms with Gasteiger partial charge in [0, 0.05) is 18.2 Å². The number of aromatic nitrogens is 2. The third-order valence-corrected chi connectivity index (χ3v) is 4.48. The van der Waals surface area contributed by atoms with Gasteiger partial charge in [0.05, 0.1) is 30.8 Å². The number of methoxy groups -OCH3 is 1. The monoisotopic (exact) mass is 355 g/mol. The van der Waals surface area contributed by atoms with E-state index in [2.05, 4.69) is 14.9 Å². The molecule has 7 heteroatoms. The van der Waals surface area contributed by atoms with Crippen molar-refractivity contribution in [3.8, 4) is 5.75 Å². The van der Waals surface area contributed by atoms with E-state index in [1.165, 1.54) is 24.3 Å². The standard InChI is InChI=1S/C19H18FN3O3/c1-25-15-6-7-16-17(8-15)23-14(10-26-11-18(23)22-16)9-21-19(24)12-2-4-13(20)5-3-12/h2-8,14H,9-11H2,1H3,(H,21,24)/t14-/m0/s1. The molecular weight excluding hydrogens is 337 g/mol. The first-order valence-corrected chi connectivity index (χ1v) is 8.32. The summed E-state index contributed by atoms with van der Waals surface area (Å²) in [5.74, 6) is 0.950. The number of rotatable bonds is 4. The van der Waals surface area contributed by atoms with Gasteiger partial charge < -0.3 is 19.4 Å². The summed E-state index contributed by atoms with van der Waals surface area (Å²) in [7, 11) is 1.62. The van der Waals surface area contributed by atoms with Gasteiger partial charge in [-0.3, -0.25) is 4.79 Å². The van der Waals surface area contributed by atoms with E-state index in [4.69, 9.17) is 9.47 Å². The normalized spacial score (nSPS) is 16.3. The molecule has 0 aliphatic carbocycles. The van der Waals surface area contributed by atoms with Crippen molar-refractivity contribution < 1.29 is 18.7 Å². The molecule has 4 rings (SSSR count). The zero-order chi connectivity index (χ0) is 18.1. The number of fused-ring (bicyclic) bond motifs is 3. The predicted molar refractivity (Wildman–Crippen MR) is 93.7 cm³/mol. The van der Waals surface area contributed by atoms with Crippen molar-refractivity contribution in [1.29, 1.82) is 0 Å². The van der Waals surface area contributed by atoms with Gasteiger partial charge in [-0.25, -0.2) is 9.37 Å². The molecule has 1 aliphatic rings. The summed E-state index contributed by atoms with van der Waals surface area (Å²) in [5.41, 5.74) is 2.23. The Kier molecular flexibility index (Phi) is 4.30. The van der Waals surface area contributed by atoms with Gasteiger partial charge in [-0.15, -0.1) is 0 Å². The molecule has 0 saturated heterocycles. The minimum absolute atomic E-state index is 0.0831. The van der Waals surface area contributed by atoms with Gasteiger partial charge in [0.15, 0.2) is 0 Å². The van der Waals surface area contributed by atoms with Crippen molar-refractivity contribution >= 4 is 16.9 Å². The number of benzene rings is 2. The van der Waals surface area contributed by atoms with E-state index in [9.17, 15) is 9.18 Å². The second-order valence-corrected chi connectivity index (χ2v) is 6.14. The number of nitrogens with zero attached hydrogens (tertiary/aromatic N) is 2. The van der Waals surface area contributed by atoms with E-state index in [0.29, 0.717) is 25.3 Å². The van der Waals surface area contributed by atoms with E-state index in [0.717, 1.165) is 22.6 Å². The van der Waals surface area contributed by atoms with E-state index in [1.54, 1.807) is 7.11 Å². The number of hydrogen-bond acceptors (Lipinski definition) is 4. The van der Waals surface area contributed by atoms with Crippen LogP contribution in [0.4, 0.5) is 4.39 Å². The summed E-state index contributed by atoms with van der Waals surface area (Å²) in [4.78, 5) is 16.9. The number of ether oxygens (including phenoxy) is 2. The van der Waals surface area contributed by atoms with Crippen LogP contribution in [0.1, 0.15) is 22.2 Å². The fourth-order valence-corrected chi connectivity index (χ4v) is 3.18. The molecule has 2 heterocycles. The minimum atomic E-state index is -0.370. The first-order valence-electron chi connectivity index (χ1n) is 8.32. The summed E-state index contributed by atoms with van der Waals surface area (Å²) in [6.45, 7) is 1.28. The molecule has 1 atom stereocenters. The summed E-state index contributed by atoms with van der Waals surface area (Å²) in [5, 5.41) is 2.89. The summed E-state index contributed by atoms with van der Waals surface area (Å²) in [6, 6.07) is 11.1. The summed E-state index contributed by atoms with van der Waals surface area (Å²) >= 11 is 0. The van der Waals surface area contributed by atoms with E-state index < -0.39 is 0 Å². The summed E-state index contributed by atoms with van der Waals surface area (Å²) < 4.78 is 26.0. The van der Waals surface area contributed by atoms with Crippen LogP contribution in [0, 0.1) is 5.82 Å². The smallest absolute Gasteiger partial charge is 0.251 e. The Morgan fingerprint density at radius 1 is 1.35 bits per heavy atom. The number of nitrogens with one attached hydrogen (secondary N) is 1. The van der Waals surface area contributed by atoms with Gasteiger partial charge in [0.25, 0.3) is 5.91 Å². The lowest BCUT2D eigenvalue weighted by molar-refractivity contribution is 0.0553. The Labute approximate surface area is 149 Å².